The number of morpholine rings is 1. The van der Waals surface area contributed by atoms with Crippen LogP contribution >= 0.6 is 0 Å². The number of amides is 1. The first-order valence-corrected chi connectivity index (χ1v) is 7.77. The first-order valence-electron chi connectivity index (χ1n) is 7.77. The molecule has 23 heavy (non-hydrogen) atoms. The number of nitrogens with zero attached hydrogens (tertiary/aromatic N) is 4. The quantitative estimate of drug-likeness (QED) is 0.801. The lowest BCUT2D eigenvalue weighted by Gasteiger charge is -2.42. The third-order valence-electron chi connectivity index (χ3n) is 3.57. The largest absolute Gasteiger partial charge is 0.369 e. The molecule has 1 atom stereocenters. The molecule has 1 saturated heterocycles. The molecule has 1 aliphatic rings. The average molecular weight is 322 g/mol. The van der Waals surface area contributed by atoms with Crippen LogP contribution in [0, 0.1) is 6.92 Å². The van der Waals surface area contributed by atoms with Crippen LogP contribution in [0.4, 0.5) is 5.95 Å². The van der Waals surface area contributed by atoms with E-state index in [-0.39, 0.29) is 24.2 Å². The van der Waals surface area contributed by atoms with E-state index in [1.54, 1.807) is 20.3 Å². The van der Waals surface area contributed by atoms with Crippen LogP contribution in [0.1, 0.15) is 19.5 Å². The Kier molecular flexibility index (Phi) is 5.54. The lowest BCUT2D eigenvalue weighted by atomic mass is 10.1. The molecule has 0 spiro atoms. The summed E-state index contributed by atoms with van der Waals surface area (Å²) in [4.78, 5) is 24.0. The van der Waals surface area contributed by atoms with Crippen LogP contribution in [-0.4, -0.2) is 72.9 Å². The minimum Gasteiger partial charge on any atom is -0.369 e. The Balaban J connectivity index is 1.97. The van der Waals surface area contributed by atoms with Gasteiger partial charge in [-0.1, -0.05) is 0 Å². The van der Waals surface area contributed by atoms with Crippen molar-refractivity contribution in [2.45, 2.75) is 32.5 Å². The number of aryl methyl sites for hydroxylation is 1. The lowest BCUT2D eigenvalue weighted by Crippen LogP contribution is -2.54. The lowest BCUT2D eigenvalue weighted by molar-refractivity contribution is -0.139. The number of anilines is 1. The first kappa shape index (κ1) is 17.6. The van der Waals surface area contributed by atoms with Crippen molar-refractivity contribution in [1.82, 2.24) is 14.9 Å². The third-order valence-corrected chi connectivity index (χ3v) is 3.57. The van der Waals surface area contributed by atoms with Gasteiger partial charge < -0.3 is 19.3 Å². The Labute approximate surface area is 137 Å². The first-order chi connectivity index (χ1) is 10.8. The molecule has 7 nitrogen and oxygen atoms in total. The maximum absolute atomic E-state index is 11.6. The number of hydrogen-bond acceptors (Lipinski definition) is 6. The van der Waals surface area contributed by atoms with E-state index in [0.717, 1.165) is 5.69 Å². The van der Waals surface area contributed by atoms with Crippen molar-refractivity contribution in [2.24, 2.45) is 0 Å². The van der Waals surface area contributed by atoms with Crippen LogP contribution in [0.3, 0.4) is 0 Å². The smallest absolute Gasteiger partial charge is 0.248 e. The minimum atomic E-state index is -0.328. The van der Waals surface area contributed by atoms with Gasteiger partial charge in [0.25, 0.3) is 0 Å². The fraction of sp³-hybridized carbons (Fsp3) is 0.688. The van der Waals surface area contributed by atoms with E-state index in [9.17, 15) is 4.79 Å². The average Bonchev–Trinajstić information content (AvgIpc) is 2.45. The van der Waals surface area contributed by atoms with E-state index >= 15 is 0 Å². The summed E-state index contributed by atoms with van der Waals surface area (Å²) in [6.45, 7) is 7.80. The van der Waals surface area contributed by atoms with E-state index in [4.69, 9.17) is 9.47 Å². The van der Waals surface area contributed by atoms with Crippen molar-refractivity contribution in [3.05, 3.63) is 18.0 Å². The predicted octanol–water partition coefficient (Wildman–Crippen LogP) is 0.874. The highest BCUT2D eigenvalue weighted by molar-refractivity contribution is 5.76. The molecule has 1 aliphatic heterocycles. The van der Waals surface area contributed by atoms with Gasteiger partial charge in [0.2, 0.25) is 11.9 Å². The standard InChI is InChI=1S/C16H26N4O3/c1-12-6-7-17-15(18-12)20-8-13(23-16(2,3)11-20)9-22-10-14(21)19(4)5/h6-7,13H,8-11H2,1-5H3/t13-/m0/s1. The van der Waals surface area contributed by atoms with E-state index in [1.165, 1.54) is 4.90 Å². The number of likely N-dealkylation sites (N-methyl/N-ethyl adjacent to an activating group) is 1. The van der Waals surface area contributed by atoms with Gasteiger partial charge in [0.05, 0.1) is 18.3 Å². The molecule has 0 aromatic carbocycles. The van der Waals surface area contributed by atoms with Crippen LogP contribution in [0.2, 0.25) is 0 Å². The van der Waals surface area contributed by atoms with E-state index < -0.39 is 0 Å². The van der Waals surface area contributed by atoms with Crippen molar-refractivity contribution in [1.29, 1.82) is 0 Å². The third kappa shape index (κ3) is 5.14. The predicted molar refractivity (Wildman–Crippen MR) is 87.4 cm³/mol. The molecule has 0 aliphatic carbocycles. The molecule has 1 amide bonds. The van der Waals surface area contributed by atoms with E-state index in [0.29, 0.717) is 25.6 Å². The van der Waals surface area contributed by atoms with Gasteiger partial charge in [0.1, 0.15) is 6.61 Å². The number of hydrogen-bond donors (Lipinski definition) is 0. The highest BCUT2D eigenvalue weighted by Crippen LogP contribution is 2.24. The molecule has 0 radical (unpaired) electrons. The second-order valence-corrected chi connectivity index (χ2v) is 6.68. The number of carbonyl (C=O) groups is 1. The summed E-state index contributed by atoms with van der Waals surface area (Å²) in [5, 5.41) is 0. The van der Waals surface area contributed by atoms with Crippen molar-refractivity contribution in [3.8, 4) is 0 Å². The monoisotopic (exact) mass is 322 g/mol. The van der Waals surface area contributed by atoms with Gasteiger partial charge >= 0.3 is 0 Å². The van der Waals surface area contributed by atoms with Crippen molar-refractivity contribution >= 4 is 11.9 Å². The van der Waals surface area contributed by atoms with Gasteiger partial charge in [-0.25, -0.2) is 9.97 Å². The minimum absolute atomic E-state index is 0.0565. The van der Waals surface area contributed by atoms with E-state index in [1.807, 2.05) is 26.8 Å². The van der Waals surface area contributed by atoms with Crippen LogP contribution in [0.5, 0.6) is 0 Å². The fourth-order valence-electron chi connectivity index (χ4n) is 2.53. The van der Waals surface area contributed by atoms with Gasteiger partial charge in [-0.2, -0.15) is 0 Å². The molecule has 0 bridgehead atoms. The van der Waals surface area contributed by atoms with Crippen molar-refractivity contribution < 1.29 is 14.3 Å². The molecule has 1 aromatic rings. The zero-order valence-electron chi connectivity index (χ0n) is 14.6. The Morgan fingerprint density at radius 2 is 2.26 bits per heavy atom. The van der Waals surface area contributed by atoms with Gasteiger partial charge in [-0.3, -0.25) is 4.79 Å². The van der Waals surface area contributed by atoms with E-state index in [2.05, 4.69) is 14.9 Å². The Hall–Kier alpha value is -1.73. The molecular weight excluding hydrogens is 296 g/mol. The van der Waals surface area contributed by atoms with Crippen LogP contribution < -0.4 is 4.90 Å². The molecule has 0 saturated carbocycles. The topological polar surface area (TPSA) is 67.8 Å². The van der Waals surface area contributed by atoms with Crippen LogP contribution in [0.15, 0.2) is 12.3 Å². The van der Waals surface area contributed by atoms with Crippen LogP contribution in [-0.2, 0) is 14.3 Å². The number of carbonyl (C=O) groups excluding carboxylic acids is 1. The molecule has 1 aromatic heterocycles. The second kappa shape index (κ2) is 7.23. The molecule has 0 N–H and O–H groups in total. The Morgan fingerprint density at radius 3 is 2.91 bits per heavy atom. The summed E-state index contributed by atoms with van der Waals surface area (Å²) in [5.74, 6) is 0.648. The normalized spacial score (nSPS) is 20.4. The molecule has 1 fully saturated rings. The highest BCUT2D eigenvalue weighted by atomic mass is 16.6. The highest BCUT2D eigenvalue weighted by Gasteiger charge is 2.34. The van der Waals surface area contributed by atoms with Gasteiger partial charge in [-0.15, -0.1) is 0 Å². The summed E-state index contributed by atoms with van der Waals surface area (Å²) in [7, 11) is 3.42. The maximum Gasteiger partial charge on any atom is 0.248 e. The van der Waals surface area contributed by atoms with Gasteiger partial charge in [0.15, 0.2) is 0 Å². The Morgan fingerprint density at radius 1 is 1.52 bits per heavy atom. The fourth-order valence-corrected chi connectivity index (χ4v) is 2.53. The van der Waals surface area contributed by atoms with Crippen LogP contribution in [0.25, 0.3) is 0 Å². The van der Waals surface area contributed by atoms with Gasteiger partial charge in [-0.05, 0) is 26.8 Å². The molecule has 2 rings (SSSR count). The number of ether oxygens (including phenoxy) is 2. The number of rotatable bonds is 5. The van der Waals surface area contributed by atoms with Crippen molar-refractivity contribution in [3.63, 3.8) is 0 Å². The summed E-state index contributed by atoms with van der Waals surface area (Å²) >= 11 is 0. The molecular formula is C16H26N4O3. The molecule has 0 unspecified atom stereocenters. The summed E-state index contributed by atoms with van der Waals surface area (Å²) in [6.07, 6.45) is 1.64. The molecule has 2 heterocycles. The Bertz CT molecular complexity index is 548. The van der Waals surface area contributed by atoms with Gasteiger partial charge in [0, 0.05) is 39.1 Å². The zero-order valence-corrected chi connectivity index (χ0v) is 14.6. The van der Waals surface area contributed by atoms with Crippen molar-refractivity contribution in [2.75, 3.05) is 45.3 Å². The zero-order chi connectivity index (χ0) is 17.0. The molecule has 7 heteroatoms. The summed E-state index contributed by atoms with van der Waals surface area (Å²) in [5.41, 5.74) is 0.606. The maximum atomic E-state index is 11.6. The second-order valence-electron chi connectivity index (χ2n) is 6.68. The summed E-state index contributed by atoms with van der Waals surface area (Å²) < 4.78 is 11.6. The molecule has 128 valence electrons. The number of aromatic nitrogens is 2. The summed E-state index contributed by atoms with van der Waals surface area (Å²) in [6, 6.07) is 1.88. The SMILES string of the molecule is Cc1ccnc(N2C[C@@H](COCC(=O)N(C)C)OC(C)(C)C2)n1.